The maximum atomic E-state index is 4.59. The van der Waals surface area contributed by atoms with Crippen molar-refractivity contribution < 1.29 is 0 Å². The average molecular weight is 325 g/mol. The van der Waals surface area contributed by atoms with Crippen LogP contribution in [-0.4, -0.2) is 4.98 Å². The zero-order valence-electron chi connectivity index (χ0n) is 14.3. The number of hydrogen-bond acceptors (Lipinski definition) is 2. The lowest BCUT2D eigenvalue weighted by molar-refractivity contribution is 1.23. The molecule has 1 aromatic heterocycles. The van der Waals surface area contributed by atoms with E-state index in [1.54, 1.807) is 0 Å². The molecule has 3 nitrogen and oxygen atoms in total. The molecule has 122 valence electrons. The van der Waals surface area contributed by atoms with Crippen molar-refractivity contribution in [3.63, 3.8) is 0 Å². The van der Waals surface area contributed by atoms with E-state index < -0.39 is 0 Å². The molecule has 1 N–H and O–H groups in total. The van der Waals surface area contributed by atoms with E-state index in [2.05, 4.69) is 65.5 Å². The van der Waals surface area contributed by atoms with E-state index in [1.807, 2.05) is 36.4 Å². The zero-order valence-corrected chi connectivity index (χ0v) is 14.3. The first-order chi connectivity index (χ1) is 12.2. The number of nitrogens with zero attached hydrogens (tertiary/aromatic N) is 2. The van der Waals surface area contributed by atoms with Gasteiger partial charge in [-0.3, -0.25) is 0 Å². The van der Waals surface area contributed by atoms with E-state index in [1.165, 1.54) is 11.1 Å². The Balaban J connectivity index is 1.84. The van der Waals surface area contributed by atoms with E-state index >= 15 is 0 Å². The smallest absolute Gasteiger partial charge is 0.119 e. The number of hydrogen-bond donors (Lipinski definition) is 1. The molecule has 25 heavy (non-hydrogen) atoms. The third-order valence-corrected chi connectivity index (χ3v) is 4.32. The molecule has 0 aliphatic carbocycles. The topological polar surface area (TPSA) is 40.5 Å². The summed E-state index contributed by atoms with van der Waals surface area (Å²) in [5.74, 6) is 0. The Bertz CT molecular complexity index is 1040. The van der Waals surface area contributed by atoms with Crippen LogP contribution in [0.3, 0.4) is 0 Å². The number of H-pyrrole nitrogens is 1. The Morgan fingerprint density at radius 1 is 0.680 bits per heavy atom. The molecule has 0 fully saturated rings. The summed E-state index contributed by atoms with van der Waals surface area (Å²) in [5, 5.41) is 10.1. The minimum Gasteiger partial charge on any atom is -0.353 e. The first-order valence-corrected chi connectivity index (χ1v) is 8.37. The van der Waals surface area contributed by atoms with Crippen molar-refractivity contribution in [1.82, 2.24) is 4.98 Å². The molecular weight excluding hydrogens is 306 g/mol. The number of benzene rings is 3. The van der Waals surface area contributed by atoms with Gasteiger partial charge < -0.3 is 4.98 Å². The summed E-state index contributed by atoms with van der Waals surface area (Å²) in [6.07, 6.45) is 0. The van der Waals surface area contributed by atoms with Gasteiger partial charge in [0.2, 0.25) is 0 Å². The number of rotatable bonds is 3. The molecule has 0 aliphatic rings. The number of aryl methyl sites for hydroxylation is 2. The first-order valence-electron chi connectivity index (χ1n) is 8.37. The second-order valence-electron chi connectivity index (χ2n) is 6.30. The molecule has 0 unspecified atom stereocenters. The van der Waals surface area contributed by atoms with Crippen LogP contribution in [0.15, 0.2) is 83.0 Å². The van der Waals surface area contributed by atoms with Gasteiger partial charge in [-0.15, -0.1) is 5.11 Å². The Labute approximate surface area is 147 Å². The van der Waals surface area contributed by atoms with Crippen LogP contribution in [0.5, 0.6) is 0 Å². The van der Waals surface area contributed by atoms with Gasteiger partial charge in [0, 0.05) is 16.5 Å². The number of azo groups is 1. The van der Waals surface area contributed by atoms with Gasteiger partial charge in [-0.2, -0.15) is 5.11 Å². The molecule has 0 bridgehead atoms. The fourth-order valence-corrected chi connectivity index (χ4v) is 2.88. The molecule has 0 radical (unpaired) electrons. The SMILES string of the molecule is Cc1ccc(N=Nc2c(-c3ccc(C)cc3)[nH]c3ccccc23)cc1. The summed E-state index contributed by atoms with van der Waals surface area (Å²) in [7, 11) is 0. The molecule has 0 atom stereocenters. The molecule has 0 aliphatic heterocycles. The van der Waals surface area contributed by atoms with Gasteiger partial charge in [-0.05, 0) is 32.0 Å². The Kier molecular flexibility index (Phi) is 3.90. The molecule has 3 heteroatoms. The summed E-state index contributed by atoms with van der Waals surface area (Å²) >= 11 is 0. The highest BCUT2D eigenvalue weighted by Gasteiger charge is 2.12. The lowest BCUT2D eigenvalue weighted by atomic mass is 10.1. The normalized spacial score (nSPS) is 11.4. The van der Waals surface area contributed by atoms with Crippen LogP contribution >= 0.6 is 0 Å². The lowest BCUT2D eigenvalue weighted by Gasteiger charge is -2.01. The van der Waals surface area contributed by atoms with Crippen molar-refractivity contribution in [2.75, 3.05) is 0 Å². The molecule has 4 aromatic rings. The van der Waals surface area contributed by atoms with Gasteiger partial charge >= 0.3 is 0 Å². The minimum atomic E-state index is 0.853. The quantitative estimate of drug-likeness (QED) is 0.399. The summed E-state index contributed by atoms with van der Waals surface area (Å²) in [6, 6.07) is 24.7. The van der Waals surface area contributed by atoms with Gasteiger partial charge in [0.05, 0.1) is 11.4 Å². The third kappa shape index (κ3) is 3.09. The zero-order chi connectivity index (χ0) is 17.2. The minimum absolute atomic E-state index is 0.853. The number of para-hydroxylation sites is 1. The van der Waals surface area contributed by atoms with Gasteiger partial charge in [0.1, 0.15) is 5.69 Å². The maximum absolute atomic E-state index is 4.59. The second kappa shape index (κ2) is 6.36. The molecule has 1 heterocycles. The molecule has 0 saturated carbocycles. The van der Waals surface area contributed by atoms with Gasteiger partial charge in [0.15, 0.2) is 0 Å². The largest absolute Gasteiger partial charge is 0.353 e. The van der Waals surface area contributed by atoms with Crippen LogP contribution in [-0.2, 0) is 0 Å². The number of fused-ring (bicyclic) bond motifs is 1. The molecule has 3 aromatic carbocycles. The first kappa shape index (κ1) is 15.3. The van der Waals surface area contributed by atoms with Crippen molar-refractivity contribution >= 4 is 22.3 Å². The van der Waals surface area contributed by atoms with Crippen LogP contribution in [0.4, 0.5) is 11.4 Å². The third-order valence-electron chi connectivity index (χ3n) is 4.32. The Morgan fingerprint density at radius 3 is 2.04 bits per heavy atom. The molecule has 0 amide bonds. The summed E-state index contributed by atoms with van der Waals surface area (Å²) < 4.78 is 0. The van der Waals surface area contributed by atoms with Gasteiger partial charge in [-0.1, -0.05) is 65.7 Å². The summed E-state index contributed by atoms with van der Waals surface area (Å²) in [5.41, 5.74) is 7.35. The van der Waals surface area contributed by atoms with Gasteiger partial charge in [-0.25, -0.2) is 0 Å². The lowest BCUT2D eigenvalue weighted by Crippen LogP contribution is -1.78. The number of aromatic amines is 1. The molecule has 0 saturated heterocycles. The van der Waals surface area contributed by atoms with E-state index in [4.69, 9.17) is 0 Å². The van der Waals surface area contributed by atoms with E-state index in [0.717, 1.165) is 33.5 Å². The molecule has 0 spiro atoms. The maximum Gasteiger partial charge on any atom is 0.119 e. The predicted octanol–water partition coefficient (Wildman–Crippen LogP) is 6.87. The van der Waals surface area contributed by atoms with Crippen LogP contribution in [0.25, 0.3) is 22.2 Å². The van der Waals surface area contributed by atoms with E-state index in [9.17, 15) is 0 Å². The highest BCUT2D eigenvalue weighted by Crippen LogP contribution is 2.38. The number of aromatic nitrogens is 1. The fraction of sp³-hybridized carbons (Fsp3) is 0.0909. The standard InChI is InChI=1S/C22H19N3/c1-15-7-11-17(12-8-15)21-22(19-5-3-4-6-20(19)23-21)25-24-18-13-9-16(2)10-14-18/h3-14,23H,1-2H3. The van der Waals surface area contributed by atoms with Crippen LogP contribution in [0, 0.1) is 13.8 Å². The van der Waals surface area contributed by atoms with Crippen molar-refractivity contribution in [2.45, 2.75) is 13.8 Å². The van der Waals surface area contributed by atoms with Crippen LogP contribution in [0.1, 0.15) is 11.1 Å². The van der Waals surface area contributed by atoms with Crippen molar-refractivity contribution in [1.29, 1.82) is 0 Å². The Hall–Kier alpha value is -3.20. The predicted molar refractivity (Wildman–Crippen MR) is 104 cm³/mol. The molecule has 4 rings (SSSR count). The second-order valence-corrected chi connectivity index (χ2v) is 6.30. The monoisotopic (exact) mass is 325 g/mol. The molecular formula is C22H19N3. The van der Waals surface area contributed by atoms with Crippen molar-refractivity contribution in [3.05, 3.63) is 83.9 Å². The number of nitrogens with one attached hydrogen (secondary N) is 1. The van der Waals surface area contributed by atoms with Crippen molar-refractivity contribution in [2.24, 2.45) is 10.2 Å². The van der Waals surface area contributed by atoms with Crippen LogP contribution in [0.2, 0.25) is 0 Å². The summed E-state index contributed by atoms with van der Waals surface area (Å²) in [6.45, 7) is 4.16. The van der Waals surface area contributed by atoms with Crippen LogP contribution < -0.4 is 0 Å². The average Bonchev–Trinajstić information content (AvgIpc) is 3.00. The van der Waals surface area contributed by atoms with E-state index in [0.29, 0.717) is 0 Å². The highest BCUT2D eigenvalue weighted by molar-refractivity contribution is 5.99. The highest BCUT2D eigenvalue weighted by atomic mass is 15.1. The summed E-state index contributed by atoms with van der Waals surface area (Å²) in [4.78, 5) is 3.49. The van der Waals surface area contributed by atoms with E-state index in [-0.39, 0.29) is 0 Å². The Morgan fingerprint density at radius 2 is 1.32 bits per heavy atom. The fourth-order valence-electron chi connectivity index (χ4n) is 2.88. The van der Waals surface area contributed by atoms with Gasteiger partial charge in [0.25, 0.3) is 0 Å². The van der Waals surface area contributed by atoms with Crippen molar-refractivity contribution in [3.8, 4) is 11.3 Å².